The number of hydrogen-bond donors (Lipinski definition) is 3. The standard InChI is InChI=1S/C31H34N6O5/c1-30(2,38)20-10-12-25(32-17-20)31(39)14-19(15-31)27-35-28-22-7-6-8-23(41-4)26(22)34-29(37(28)36-27)33-16-18-9-11-21(40-3)13-24(18)42-5/h6-13,17,19,38-39H,14-16H2,1-5H3,(H,33,34)/t19-,31-. The molecule has 3 N–H and O–H groups in total. The molecule has 0 saturated heterocycles. The number of hydrogen-bond acceptors (Lipinski definition) is 10. The van der Waals surface area contributed by atoms with Gasteiger partial charge in [-0.15, -0.1) is 5.10 Å². The van der Waals surface area contributed by atoms with Crippen molar-refractivity contribution in [3.63, 3.8) is 0 Å². The van der Waals surface area contributed by atoms with Gasteiger partial charge >= 0.3 is 0 Å². The fourth-order valence-corrected chi connectivity index (χ4v) is 5.42. The van der Waals surface area contributed by atoms with Gasteiger partial charge in [0.1, 0.15) is 28.4 Å². The summed E-state index contributed by atoms with van der Waals surface area (Å²) in [6.07, 6.45) is 2.48. The van der Waals surface area contributed by atoms with Gasteiger partial charge in [0.05, 0.1) is 32.6 Å². The van der Waals surface area contributed by atoms with Gasteiger partial charge in [-0.2, -0.15) is 4.52 Å². The molecule has 3 heterocycles. The van der Waals surface area contributed by atoms with E-state index in [-0.39, 0.29) is 5.92 Å². The molecule has 3 aromatic heterocycles. The van der Waals surface area contributed by atoms with Crippen LogP contribution in [0, 0.1) is 0 Å². The van der Waals surface area contributed by atoms with Crippen LogP contribution in [0.25, 0.3) is 16.6 Å². The first-order valence-corrected chi connectivity index (χ1v) is 13.7. The number of fused-ring (bicyclic) bond motifs is 3. The van der Waals surface area contributed by atoms with E-state index in [9.17, 15) is 10.2 Å². The van der Waals surface area contributed by atoms with Crippen LogP contribution < -0.4 is 19.5 Å². The summed E-state index contributed by atoms with van der Waals surface area (Å²) in [4.78, 5) is 14.3. The monoisotopic (exact) mass is 570 g/mol. The van der Waals surface area contributed by atoms with Crippen molar-refractivity contribution in [1.82, 2.24) is 24.6 Å². The maximum Gasteiger partial charge on any atom is 0.226 e. The summed E-state index contributed by atoms with van der Waals surface area (Å²) >= 11 is 0. The zero-order chi connectivity index (χ0) is 29.6. The highest BCUT2D eigenvalue weighted by molar-refractivity contribution is 5.96. The molecule has 11 heteroatoms. The first kappa shape index (κ1) is 27.7. The number of benzene rings is 2. The van der Waals surface area contributed by atoms with E-state index < -0.39 is 11.2 Å². The number of aromatic nitrogens is 5. The highest BCUT2D eigenvalue weighted by Crippen LogP contribution is 2.49. The molecule has 1 fully saturated rings. The fourth-order valence-electron chi connectivity index (χ4n) is 5.42. The van der Waals surface area contributed by atoms with Gasteiger partial charge in [-0.25, -0.2) is 9.97 Å². The molecule has 6 rings (SSSR count). The molecule has 11 nitrogen and oxygen atoms in total. The zero-order valence-electron chi connectivity index (χ0n) is 24.3. The highest BCUT2D eigenvalue weighted by Gasteiger charge is 2.47. The molecule has 0 atom stereocenters. The van der Waals surface area contributed by atoms with Crippen LogP contribution in [0.5, 0.6) is 17.2 Å². The molecule has 0 radical (unpaired) electrons. The third-order valence-electron chi connectivity index (χ3n) is 7.91. The number of para-hydroxylation sites is 1. The number of aliphatic hydroxyl groups is 2. The van der Waals surface area contributed by atoms with Crippen molar-refractivity contribution in [3.05, 3.63) is 77.4 Å². The summed E-state index contributed by atoms with van der Waals surface area (Å²) in [7, 11) is 4.85. The van der Waals surface area contributed by atoms with Crippen molar-refractivity contribution in [2.75, 3.05) is 26.6 Å². The first-order valence-electron chi connectivity index (χ1n) is 13.7. The molecule has 1 saturated carbocycles. The van der Waals surface area contributed by atoms with E-state index >= 15 is 0 Å². The van der Waals surface area contributed by atoms with E-state index in [2.05, 4.69) is 10.3 Å². The van der Waals surface area contributed by atoms with Crippen LogP contribution in [-0.4, -0.2) is 56.1 Å². The van der Waals surface area contributed by atoms with Gasteiger partial charge in [0.15, 0.2) is 11.5 Å². The van der Waals surface area contributed by atoms with Crippen molar-refractivity contribution >= 4 is 22.5 Å². The van der Waals surface area contributed by atoms with Crippen LogP contribution >= 0.6 is 0 Å². The number of nitrogens with one attached hydrogen (secondary N) is 1. The molecule has 0 spiro atoms. The molecular formula is C31H34N6O5. The van der Waals surface area contributed by atoms with Crippen molar-refractivity contribution in [2.24, 2.45) is 0 Å². The number of methoxy groups -OCH3 is 3. The summed E-state index contributed by atoms with van der Waals surface area (Å²) < 4.78 is 18.2. The van der Waals surface area contributed by atoms with Gasteiger partial charge in [-0.1, -0.05) is 12.1 Å². The summed E-state index contributed by atoms with van der Waals surface area (Å²) in [5.41, 5.74) is 1.40. The predicted molar refractivity (Wildman–Crippen MR) is 157 cm³/mol. The Balaban J connectivity index is 1.33. The van der Waals surface area contributed by atoms with Crippen LogP contribution in [0.4, 0.5) is 5.95 Å². The largest absolute Gasteiger partial charge is 0.497 e. The molecular weight excluding hydrogens is 536 g/mol. The molecule has 1 aliphatic carbocycles. The number of anilines is 1. The van der Waals surface area contributed by atoms with E-state index in [0.717, 1.165) is 10.9 Å². The SMILES string of the molecule is COc1ccc(CNc2nc3c(OC)cccc3c3nc([C@H]4C[C@@](O)(c5ccc(C(C)(C)O)cn5)C4)nn23)c(OC)c1. The lowest BCUT2D eigenvalue weighted by atomic mass is 9.68. The van der Waals surface area contributed by atoms with E-state index in [4.69, 9.17) is 29.3 Å². The zero-order valence-corrected chi connectivity index (χ0v) is 24.3. The molecule has 42 heavy (non-hydrogen) atoms. The lowest BCUT2D eigenvalue weighted by Crippen LogP contribution is -2.41. The third kappa shape index (κ3) is 4.84. The smallest absolute Gasteiger partial charge is 0.226 e. The normalized spacial score (nSPS) is 18.6. The Morgan fingerprint density at radius 2 is 1.79 bits per heavy atom. The molecule has 5 aromatic rings. The fraction of sp³-hybridized carbons (Fsp3) is 0.355. The Labute approximate surface area is 243 Å². The topological polar surface area (TPSA) is 136 Å². The number of pyridine rings is 1. The second kappa shape index (κ2) is 10.4. The van der Waals surface area contributed by atoms with Gasteiger partial charge in [0.25, 0.3) is 0 Å². The molecule has 2 aromatic carbocycles. The Bertz CT molecular complexity index is 1760. The lowest BCUT2D eigenvalue weighted by Gasteiger charge is -2.41. The molecule has 0 unspecified atom stereocenters. The first-order chi connectivity index (χ1) is 20.1. The quantitative estimate of drug-likeness (QED) is 0.235. The van der Waals surface area contributed by atoms with Crippen LogP contribution in [0.3, 0.4) is 0 Å². The lowest BCUT2D eigenvalue weighted by molar-refractivity contribution is -0.0606. The molecule has 0 bridgehead atoms. The van der Waals surface area contributed by atoms with Crippen LogP contribution in [0.15, 0.2) is 54.7 Å². The minimum atomic E-state index is -1.09. The Morgan fingerprint density at radius 3 is 2.45 bits per heavy atom. The third-order valence-corrected chi connectivity index (χ3v) is 7.91. The van der Waals surface area contributed by atoms with Crippen LogP contribution in [-0.2, 0) is 17.7 Å². The average molecular weight is 571 g/mol. The van der Waals surface area contributed by atoms with E-state index in [0.29, 0.717) is 70.8 Å². The summed E-state index contributed by atoms with van der Waals surface area (Å²) in [6.45, 7) is 3.83. The summed E-state index contributed by atoms with van der Waals surface area (Å²) in [5, 5.41) is 30.6. The van der Waals surface area contributed by atoms with Gasteiger partial charge in [0, 0.05) is 41.2 Å². The Hall–Kier alpha value is -4.48. The van der Waals surface area contributed by atoms with Gasteiger partial charge in [-0.05, 0) is 57.0 Å². The molecule has 0 aliphatic heterocycles. The maximum atomic E-state index is 11.3. The van der Waals surface area contributed by atoms with Crippen LogP contribution in [0.2, 0.25) is 0 Å². The molecule has 218 valence electrons. The summed E-state index contributed by atoms with van der Waals surface area (Å²) in [5.74, 6) is 3.07. The Kier molecular flexibility index (Phi) is 6.86. The van der Waals surface area contributed by atoms with E-state index in [1.807, 2.05) is 36.4 Å². The predicted octanol–water partition coefficient (Wildman–Crippen LogP) is 4.30. The second-order valence-corrected chi connectivity index (χ2v) is 11.2. The number of nitrogens with zero attached hydrogens (tertiary/aromatic N) is 5. The van der Waals surface area contributed by atoms with Gasteiger partial charge in [-0.3, -0.25) is 4.98 Å². The van der Waals surface area contributed by atoms with Crippen molar-refractivity contribution < 1.29 is 24.4 Å². The van der Waals surface area contributed by atoms with Crippen molar-refractivity contribution in [2.45, 2.75) is 50.4 Å². The minimum absolute atomic E-state index is 0.0687. The average Bonchev–Trinajstić information content (AvgIpc) is 3.43. The number of rotatable bonds is 9. The van der Waals surface area contributed by atoms with E-state index in [1.165, 1.54) is 0 Å². The van der Waals surface area contributed by atoms with Crippen molar-refractivity contribution in [1.29, 1.82) is 0 Å². The van der Waals surface area contributed by atoms with Crippen molar-refractivity contribution in [3.8, 4) is 17.2 Å². The van der Waals surface area contributed by atoms with Crippen LogP contribution in [0.1, 0.15) is 55.3 Å². The van der Waals surface area contributed by atoms with E-state index in [1.54, 1.807) is 58.0 Å². The highest BCUT2D eigenvalue weighted by atomic mass is 16.5. The minimum Gasteiger partial charge on any atom is -0.497 e. The number of ether oxygens (including phenoxy) is 3. The second-order valence-electron chi connectivity index (χ2n) is 11.2. The molecule has 1 aliphatic rings. The summed E-state index contributed by atoms with van der Waals surface area (Å²) in [6, 6.07) is 14.9. The van der Waals surface area contributed by atoms with Gasteiger partial charge in [0.2, 0.25) is 5.95 Å². The Morgan fingerprint density at radius 1 is 1.00 bits per heavy atom. The van der Waals surface area contributed by atoms with Gasteiger partial charge < -0.3 is 29.7 Å². The maximum absolute atomic E-state index is 11.3. The molecule has 0 amide bonds.